The minimum Gasteiger partial charge on any atom is -0.492 e. The monoisotopic (exact) mass is 945 g/mol. The molecule has 19 heteroatoms. The van der Waals surface area contributed by atoms with Crippen molar-refractivity contribution in [2.75, 3.05) is 46.4 Å². The number of likely N-dealkylation sites (N-methyl/N-ethyl adjacent to an activating group) is 1. The van der Waals surface area contributed by atoms with E-state index in [1.165, 1.54) is 25.3 Å². The Morgan fingerprint density at radius 3 is 2.12 bits per heavy atom. The van der Waals surface area contributed by atoms with Crippen LogP contribution in [0.25, 0.3) is 22.5 Å². The van der Waals surface area contributed by atoms with E-state index < -0.39 is 53.7 Å². The Hall–Kier alpha value is -7.14. The summed E-state index contributed by atoms with van der Waals surface area (Å²) in [7, 11) is 1.42. The van der Waals surface area contributed by atoms with Crippen molar-refractivity contribution in [2.45, 2.75) is 96.0 Å². The summed E-state index contributed by atoms with van der Waals surface area (Å²) in [6.07, 6.45) is 5.83. The molecule has 1 fully saturated rings. The molecule has 1 aliphatic heterocycles. The zero-order valence-corrected chi connectivity index (χ0v) is 39.6. The van der Waals surface area contributed by atoms with Crippen molar-refractivity contribution < 1.29 is 38.2 Å². The van der Waals surface area contributed by atoms with Crippen LogP contribution in [0.1, 0.15) is 84.4 Å². The number of aromatic nitrogens is 2. The lowest BCUT2D eigenvalue weighted by molar-refractivity contribution is -0.141. The number of rotatable bonds is 17. The van der Waals surface area contributed by atoms with Crippen molar-refractivity contribution in [2.24, 2.45) is 17.2 Å². The van der Waals surface area contributed by atoms with E-state index in [0.717, 1.165) is 37.0 Å². The van der Waals surface area contributed by atoms with E-state index in [1.807, 2.05) is 30.3 Å². The molecule has 0 unspecified atom stereocenters. The van der Waals surface area contributed by atoms with Gasteiger partial charge < -0.3 is 57.6 Å². The molecule has 0 saturated heterocycles. The molecule has 1 saturated carbocycles. The normalized spacial score (nSPS) is 17.7. The van der Waals surface area contributed by atoms with Crippen LogP contribution in [0.15, 0.2) is 60.7 Å². The Morgan fingerprint density at radius 2 is 1.49 bits per heavy atom. The second-order valence-corrected chi connectivity index (χ2v) is 17.2. The number of carbonyl (C=O) groups is 5. The number of ether oxygens (including phenoxy) is 3. The summed E-state index contributed by atoms with van der Waals surface area (Å²) in [5.41, 5.74) is 21.3. The summed E-state index contributed by atoms with van der Waals surface area (Å²) < 4.78 is 18.4. The number of nitrogens with zero attached hydrogens (tertiary/aromatic N) is 4. The predicted molar refractivity (Wildman–Crippen MR) is 258 cm³/mol. The summed E-state index contributed by atoms with van der Waals surface area (Å²) in [6, 6.07) is 14.6. The van der Waals surface area contributed by atoms with Gasteiger partial charge in [0.05, 0.1) is 29.1 Å². The molecule has 4 aromatic rings. The summed E-state index contributed by atoms with van der Waals surface area (Å²) in [6.45, 7) is 5.18. The molecule has 2 aliphatic rings. The number of nitriles is 1. The lowest BCUT2D eigenvalue weighted by atomic mass is 9.93. The molecule has 4 atom stereocenters. The van der Waals surface area contributed by atoms with Crippen LogP contribution in [0.2, 0.25) is 0 Å². The van der Waals surface area contributed by atoms with Gasteiger partial charge in [-0.2, -0.15) is 5.26 Å². The number of hydrogen-bond acceptors (Lipinski definition) is 14. The molecule has 2 heterocycles. The van der Waals surface area contributed by atoms with Crippen LogP contribution < -0.4 is 52.7 Å². The van der Waals surface area contributed by atoms with Gasteiger partial charge in [0.1, 0.15) is 61.2 Å². The van der Waals surface area contributed by atoms with Gasteiger partial charge in [-0.25, -0.2) is 9.97 Å². The summed E-state index contributed by atoms with van der Waals surface area (Å²) >= 11 is 0. The number of amides is 5. The van der Waals surface area contributed by atoms with E-state index in [1.54, 1.807) is 50.2 Å². The second kappa shape index (κ2) is 24.2. The van der Waals surface area contributed by atoms with Crippen LogP contribution in [-0.4, -0.2) is 115 Å². The topological polar surface area (TPSA) is 292 Å². The van der Waals surface area contributed by atoms with Crippen LogP contribution >= 0.6 is 0 Å². The number of hydrogen-bond donors (Lipinski definition) is 7. The molecule has 366 valence electrons. The first kappa shape index (κ1) is 51.3. The highest BCUT2D eigenvalue weighted by Gasteiger charge is 2.36. The van der Waals surface area contributed by atoms with Crippen LogP contribution in [0.4, 0.5) is 0 Å². The molecule has 19 nitrogen and oxygen atoms in total. The average Bonchev–Trinajstić information content (AvgIpc) is 3.34. The van der Waals surface area contributed by atoms with E-state index >= 15 is 0 Å². The number of fused-ring (bicyclic) bond motifs is 5. The van der Waals surface area contributed by atoms with Crippen LogP contribution in [-0.2, 0) is 25.6 Å². The quantitative estimate of drug-likeness (QED) is 0.0750. The van der Waals surface area contributed by atoms with Gasteiger partial charge in [-0.3, -0.25) is 24.0 Å². The van der Waals surface area contributed by atoms with Gasteiger partial charge in [0.15, 0.2) is 5.82 Å². The molecule has 69 heavy (non-hydrogen) atoms. The van der Waals surface area contributed by atoms with Crippen molar-refractivity contribution in [1.29, 1.82) is 5.26 Å². The van der Waals surface area contributed by atoms with E-state index in [2.05, 4.69) is 31.2 Å². The maximum absolute atomic E-state index is 14.8. The molecular formula is C50H63N11O8. The third kappa shape index (κ3) is 12.9. The predicted octanol–water partition coefficient (Wildman–Crippen LogP) is 2.65. The molecule has 0 spiro atoms. The Bertz CT molecular complexity index is 2500. The van der Waals surface area contributed by atoms with Gasteiger partial charge in [-0.1, -0.05) is 18.6 Å². The lowest BCUT2D eigenvalue weighted by Crippen LogP contribution is -2.56. The van der Waals surface area contributed by atoms with Crippen molar-refractivity contribution in [1.82, 2.24) is 36.1 Å². The highest BCUT2D eigenvalue weighted by Crippen LogP contribution is 2.40. The average molecular weight is 946 g/mol. The SMILES string of the molecule is Cc1nc(-c2ccc(OC3CCCCC3)cc2)nc(C)c1C(=O)N[C@@H](CCN)C(=O)N(C)[C@@H]1C(=O)N[C@@H](C)C(=O)N[C@H](C(=O)NCC#N)Cc2ccc(OCCN)c(c2)-c2cc1ccc2OCCN. The fourth-order valence-corrected chi connectivity index (χ4v) is 8.59. The smallest absolute Gasteiger partial charge is 0.255 e. The standard InChI is InChI=1S/C50H63N11O8/c1-29-43(30(2)57-45(56-29)33-11-14-36(15-12-33)69-35-8-6-5-7-9-35)48(64)59-39(18-19-51)50(66)61(4)44-34-13-17-42(68-25-22-54)38(28-34)37-26-32(10-16-41(37)67-24-21-53)27-40(47(63)55-23-20-52)60-46(62)31(3)58-49(44)65/h10-17,26,28,31,35,39-40,44H,5-9,18-19,21-25,27,51,53-54H2,1-4H3,(H,55,63)(H,58,65)(H,59,64)(H,60,62)/t31-,39-,40-,44-/m0/s1. The number of carbonyl (C=O) groups excluding carboxylic acids is 5. The molecule has 5 amide bonds. The maximum atomic E-state index is 14.8. The third-order valence-electron chi connectivity index (χ3n) is 12.1. The first-order valence-corrected chi connectivity index (χ1v) is 23.3. The number of nitrogens with one attached hydrogen (secondary N) is 4. The molecule has 10 N–H and O–H groups in total. The summed E-state index contributed by atoms with van der Waals surface area (Å²) in [5, 5.41) is 20.0. The van der Waals surface area contributed by atoms with Gasteiger partial charge in [-0.15, -0.1) is 0 Å². The third-order valence-corrected chi connectivity index (χ3v) is 12.1. The number of benzene rings is 3. The minimum atomic E-state index is -1.41. The fourth-order valence-electron chi connectivity index (χ4n) is 8.59. The first-order valence-electron chi connectivity index (χ1n) is 23.3. The molecule has 4 bridgehead atoms. The van der Waals surface area contributed by atoms with Crippen molar-refractivity contribution >= 4 is 29.5 Å². The highest BCUT2D eigenvalue weighted by atomic mass is 16.5. The van der Waals surface area contributed by atoms with Gasteiger partial charge in [0, 0.05) is 43.2 Å². The van der Waals surface area contributed by atoms with Gasteiger partial charge >= 0.3 is 0 Å². The Labute approximate surface area is 402 Å². The Morgan fingerprint density at radius 1 is 0.855 bits per heavy atom. The van der Waals surface area contributed by atoms with Crippen molar-refractivity contribution in [3.63, 3.8) is 0 Å². The highest BCUT2D eigenvalue weighted by molar-refractivity contribution is 6.00. The first-order chi connectivity index (χ1) is 33.3. The Balaban J connectivity index is 1.34. The minimum absolute atomic E-state index is 0.000106. The second-order valence-electron chi connectivity index (χ2n) is 17.2. The van der Waals surface area contributed by atoms with Crippen LogP contribution in [0.5, 0.6) is 17.2 Å². The molecule has 1 aromatic heterocycles. The van der Waals surface area contributed by atoms with Crippen molar-refractivity contribution in [3.05, 3.63) is 88.7 Å². The van der Waals surface area contributed by atoms with Crippen LogP contribution in [0.3, 0.4) is 0 Å². The zero-order valence-electron chi connectivity index (χ0n) is 39.6. The molecule has 3 aromatic carbocycles. The van der Waals surface area contributed by atoms with Crippen molar-refractivity contribution in [3.8, 4) is 45.8 Å². The Kier molecular flexibility index (Phi) is 18.0. The molecule has 1 aliphatic carbocycles. The fraction of sp³-hybridized carbons (Fsp3) is 0.440. The van der Waals surface area contributed by atoms with E-state index in [0.29, 0.717) is 51.0 Å². The van der Waals surface area contributed by atoms with E-state index in [-0.39, 0.29) is 63.9 Å². The van der Waals surface area contributed by atoms with Crippen LogP contribution in [0, 0.1) is 25.2 Å². The number of nitrogens with two attached hydrogens (primary N) is 3. The van der Waals surface area contributed by atoms with Gasteiger partial charge in [-0.05, 0) is 119 Å². The van der Waals surface area contributed by atoms with E-state index in [4.69, 9.17) is 31.4 Å². The van der Waals surface area contributed by atoms with Gasteiger partial charge in [0.2, 0.25) is 23.6 Å². The lowest BCUT2D eigenvalue weighted by Gasteiger charge is -2.32. The zero-order chi connectivity index (χ0) is 49.6. The van der Waals surface area contributed by atoms with E-state index in [9.17, 15) is 29.2 Å². The maximum Gasteiger partial charge on any atom is 0.255 e. The van der Waals surface area contributed by atoms with Gasteiger partial charge in [0.25, 0.3) is 5.91 Å². The largest absolute Gasteiger partial charge is 0.492 e. The summed E-state index contributed by atoms with van der Waals surface area (Å²) in [5.74, 6) is -1.40. The summed E-state index contributed by atoms with van der Waals surface area (Å²) in [4.78, 5) is 81.2. The molecular weight excluding hydrogens is 883 g/mol. The molecule has 6 rings (SSSR count). The number of aryl methyl sites for hydroxylation is 2. The molecule has 0 radical (unpaired) electrons.